The van der Waals surface area contributed by atoms with E-state index in [-0.39, 0.29) is 0 Å². The lowest BCUT2D eigenvalue weighted by Gasteiger charge is -2.33. The lowest BCUT2D eigenvalue weighted by atomic mass is 10.1. The second-order valence-corrected chi connectivity index (χ2v) is 6.94. The topological polar surface area (TPSA) is 41.3 Å². The molecule has 114 valence electrons. The number of hydrogen-bond acceptors (Lipinski definition) is 5. The molecule has 4 nitrogen and oxygen atoms in total. The molecule has 0 aromatic carbocycles. The van der Waals surface area contributed by atoms with Gasteiger partial charge in [0, 0.05) is 31.6 Å². The molecule has 1 aliphatic rings. The summed E-state index contributed by atoms with van der Waals surface area (Å²) >= 11 is 5.09. The SMILES string of the molecule is CCCC(c1nc(-c2ccc(Br)o2)cs1)N1CCNCC1. The monoisotopic (exact) mass is 369 g/mol. The Balaban J connectivity index is 1.81. The van der Waals surface area contributed by atoms with Crippen LogP contribution in [0.2, 0.25) is 0 Å². The Morgan fingerprint density at radius 2 is 2.24 bits per heavy atom. The first kappa shape index (κ1) is 15.2. The summed E-state index contributed by atoms with van der Waals surface area (Å²) in [7, 11) is 0. The zero-order chi connectivity index (χ0) is 14.7. The third kappa shape index (κ3) is 3.56. The van der Waals surface area contributed by atoms with Crippen LogP contribution in [0.4, 0.5) is 0 Å². The van der Waals surface area contributed by atoms with Gasteiger partial charge in [-0.25, -0.2) is 4.98 Å². The molecule has 1 saturated heterocycles. The van der Waals surface area contributed by atoms with Crippen LogP contribution >= 0.6 is 27.3 Å². The molecule has 3 heterocycles. The Morgan fingerprint density at radius 3 is 2.90 bits per heavy atom. The molecule has 0 spiro atoms. The molecule has 0 saturated carbocycles. The molecule has 1 unspecified atom stereocenters. The van der Waals surface area contributed by atoms with Gasteiger partial charge < -0.3 is 9.73 Å². The van der Waals surface area contributed by atoms with E-state index in [1.807, 2.05) is 12.1 Å². The quantitative estimate of drug-likeness (QED) is 0.867. The van der Waals surface area contributed by atoms with Crippen LogP contribution in [0.3, 0.4) is 0 Å². The van der Waals surface area contributed by atoms with Gasteiger partial charge in [0.2, 0.25) is 0 Å². The number of nitrogens with zero attached hydrogens (tertiary/aromatic N) is 2. The molecule has 1 fully saturated rings. The van der Waals surface area contributed by atoms with Crippen molar-refractivity contribution < 1.29 is 4.42 Å². The second kappa shape index (κ2) is 7.05. The van der Waals surface area contributed by atoms with Crippen LogP contribution < -0.4 is 5.32 Å². The zero-order valence-corrected chi connectivity index (χ0v) is 14.5. The molecule has 1 N–H and O–H groups in total. The molecule has 1 atom stereocenters. The number of nitrogens with one attached hydrogen (secondary N) is 1. The highest BCUT2D eigenvalue weighted by Crippen LogP contribution is 2.32. The van der Waals surface area contributed by atoms with Gasteiger partial charge in [-0.15, -0.1) is 11.3 Å². The Bertz CT molecular complexity index is 577. The molecule has 2 aromatic heterocycles. The van der Waals surface area contributed by atoms with E-state index in [0.29, 0.717) is 6.04 Å². The number of aromatic nitrogens is 1. The molecule has 0 radical (unpaired) electrons. The normalized spacial score (nSPS) is 18.0. The van der Waals surface area contributed by atoms with Crippen molar-refractivity contribution in [3.8, 4) is 11.5 Å². The van der Waals surface area contributed by atoms with E-state index in [2.05, 4.69) is 38.5 Å². The summed E-state index contributed by atoms with van der Waals surface area (Å²) in [6.07, 6.45) is 2.34. The van der Waals surface area contributed by atoms with Crippen molar-refractivity contribution in [2.75, 3.05) is 26.2 Å². The summed E-state index contributed by atoms with van der Waals surface area (Å²) in [4.78, 5) is 7.39. The van der Waals surface area contributed by atoms with Crippen LogP contribution in [0, 0.1) is 0 Å². The van der Waals surface area contributed by atoms with Crippen LogP contribution in [0.1, 0.15) is 30.8 Å². The van der Waals surface area contributed by atoms with Crippen molar-refractivity contribution in [3.63, 3.8) is 0 Å². The van der Waals surface area contributed by atoms with E-state index in [0.717, 1.165) is 48.7 Å². The smallest absolute Gasteiger partial charge is 0.169 e. The minimum absolute atomic E-state index is 0.439. The van der Waals surface area contributed by atoms with Gasteiger partial charge in [0.25, 0.3) is 0 Å². The minimum Gasteiger partial charge on any atom is -0.448 e. The molecule has 0 aliphatic carbocycles. The third-order valence-corrected chi connectivity index (χ3v) is 5.16. The largest absolute Gasteiger partial charge is 0.448 e. The molecule has 21 heavy (non-hydrogen) atoms. The Labute approximate surface area is 137 Å². The van der Waals surface area contributed by atoms with Crippen LogP contribution in [-0.2, 0) is 0 Å². The maximum atomic E-state index is 5.61. The second-order valence-electron chi connectivity index (χ2n) is 5.27. The fourth-order valence-corrected chi connectivity index (χ4v) is 4.02. The van der Waals surface area contributed by atoms with Crippen molar-refractivity contribution in [2.45, 2.75) is 25.8 Å². The standard InChI is InChI=1S/C15H20BrN3OS/c1-2-3-12(19-8-6-17-7-9-19)15-18-11(10-21-15)13-4-5-14(16)20-13/h4-5,10,12,17H,2-3,6-9H2,1H3. The average molecular weight is 370 g/mol. The van der Waals surface area contributed by atoms with Crippen molar-refractivity contribution in [1.82, 2.24) is 15.2 Å². The number of rotatable bonds is 5. The van der Waals surface area contributed by atoms with Gasteiger partial charge in [0.05, 0.1) is 6.04 Å². The Hall–Kier alpha value is -0.690. The number of halogens is 1. The van der Waals surface area contributed by atoms with Crippen molar-refractivity contribution in [1.29, 1.82) is 0 Å². The van der Waals surface area contributed by atoms with Gasteiger partial charge in [-0.1, -0.05) is 13.3 Å². The van der Waals surface area contributed by atoms with Gasteiger partial charge >= 0.3 is 0 Å². The van der Waals surface area contributed by atoms with E-state index in [9.17, 15) is 0 Å². The van der Waals surface area contributed by atoms with Gasteiger partial charge in [-0.05, 0) is 34.5 Å². The average Bonchev–Trinajstić information content (AvgIpc) is 3.14. The number of thiazole rings is 1. The van der Waals surface area contributed by atoms with E-state index >= 15 is 0 Å². The molecular formula is C15H20BrN3OS. The van der Waals surface area contributed by atoms with E-state index < -0.39 is 0 Å². The summed E-state index contributed by atoms with van der Waals surface area (Å²) in [5.41, 5.74) is 0.942. The van der Waals surface area contributed by atoms with Crippen molar-refractivity contribution in [3.05, 3.63) is 27.2 Å². The number of hydrogen-bond donors (Lipinski definition) is 1. The molecular weight excluding hydrogens is 350 g/mol. The summed E-state index contributed by atoms with van der Waals surface area (Å²) in [5.74, 6) is 0.833. The maximum absolute atomic E-state index is 5.61. The molecule has 3 rings (SSSR count). The highest BCUT2D eigenvalue weighted by Gasteiger charge is 2.24. The first-order chi connectivity index (χ1) is 10.3. The lowest BCUT2D eigenvalue weighted by Crippen LogP contribution is -2.45. The fraction of sp³-hybridized carbons (Fsp3) is 0.533. The summed E-state index contributed by atoms with van der Waals surface area (Å²) in [5, 5.41) is 6.73. The van der Waals surface area contributed by atoms with Gasteiger partial charge in [-0.3, -0.25) is 4.90 Å². The van der Waals surface area contributed by atoms with Crippen LogP contribution in [0.5, 0.6) is 0 Å². The van der Waals surface area contributed by atoms with Crippen LogP contribution in [0.15, 0.2) is 26.6 Å². The first-order valence-corrected chi connectivity index (χ1v) is 9.11. The molecule has 0 bridgehead atoms. The third-order valence-electron chi connectivity index (χ3n) is 3.79. The molecule has 1 aliphatic heterocycles. The number of piperazine rings is 1. The molecule has 6 heteroatoms. The first-order valence-electron chi connectivity index (χ1n) is 7.44. The highest BCUT2D eigenvalue weighted by molar-refractivity contribution is 9.10. The van der Waals surface area contributed by atoms with Gasteiger partial charge in [0.15, 0.2) is 10.4 Å². The minimum atomic E-state index is 0.439. The van der Waals surface area contributed by atoms with Crippen LogP contribution in [0.25, 0.3) is 11.5 Å². The van der Waals surface area contributed by atoms with Gasteiger partial charge in [0.1, 0.15) is 10.7 Å². The summed E-state index contributed by atoms with van der Waals surface area (Å²) in [6.45, 7) is 6.60. The Morgan fingerprint density at radius 1 is 1.43 bits per heavy atom. The zero-order valence-electron chi connectivity index (χ0n) is 12.1. The maximum Gasteiger partial charge on any atom is 0.169 e. The predicted octanol–water partition coefficient (Wildman–Crippen LogP) is 3.91. The number of furan rings is 1. The summed E-state index contributed by atoms with van der Waals surface area (Å²) < 4.78 is 6.35. The lowest BCUT2D eigenvalue weighted by molar-refractivity contribution is 0.164. The Kier molecular flexibility index (Phi) is 5.11. The van der Waals surface area contributed by atoms with Crippen molar-refractivity contribution >= 4 is 27.3 Å². The fourth-order valence-electron chi connectivity index (χ4n) is 2.74. The van der Waals surface area contributed by atoms with E-state index in [1.165, 1.54) is 11.4 Å². The van der Waals surface area contributed by atoms with E-state index in [1.54, 1.807) is 11.3 Å². The molecule has 0 amide bonds. The summed E-state index contributed by atoms with van der Waals surface area (Å²) in [6, 6.07) is 4.31. The predicted molar refractivity (Wildman–Crippen MR) is 89.6 cm³/mol. The molecule has 2 aromatic rings. The highest BCUT2D eigenvalue weighted by atomic mass is 79.9. The van der Waals surface area contributed by atoms with Crippen LogP contribution in [-0.4, -0.2) is 36.1 Å². The van der Waals surface area contributed by atoms with E-state index in [4.69, 9.17) is 9.40 Å². The van der Waals surface area contributed by atoms with Crippen molar-refractivity contribution in [2.24, 2.45) is 0 Å². The van der Waals surface area contributed by atoms with Gasteiger partial charge in [-0.2, -0.15) is 0 Å².